The van der Waals surface area contributed by atoms with E-state index >= 15 is 0 Å². The number of rotatable bonds is 7. The van der Waals surface area contributed by atoms with E-state index in [1.54, 1.807) is 43.5 Å². The van der Waals surface area contributed by atoms with Gasteiger partial charge in [0.1, 0.15) is 0 Å². The zero-order chi connectivity index (χ0) is 17.7. The van der Waals surface area contributed by atoms with Crippen LogP contribution in [0, 0.1) is 0 Å². The van der Waals surface area contributed by atoms with Crippen LogP contribution in [-0.4, -0.2) is 22.1 Å². The number of methoxy groups -OCH3 is 1. The van der Waals surface area contributed by atoms with Crippen molar-refractivity contribution in [2.45, 2.75) is 18.4 Å². The first-order valence-corrected chi connectivity index (χ1v) is 10.2. The molecule has 0 unspecified atom stereocenters. The minimum Gasteiger partial charge on any atom is -0.493 e. The summed E-state index contributed by atoms with van der Waals surface area (Å²) in [6.45, 7) is 2.56. The van der Waals surface area contributed by atoms with Crippen molar-refractivity contribution in [3.05, 3.63) is 50.9 Å². The molecule has 2 aromatic rings. The second-order valence-electron chi connectivity index (χ2n) is 4.82. The van der Waals surface area contributed by atoms with Crippen molar-refractivity contribution in [2.75, 3.05) is 13.7 Å². The molecule has 0 amide bonds. The molecular weight excluding hydrogens is 462 g/mol. The molecular formula is C16H17Br2NO4S. The fraction of sp³-hybridized carbons (Fsp3) is 0.250. The fourth-order valence-corrected chi connectivity index (χ4v) is 4.55. The first kappa shape index (κ1) is 19.2. The average molecular weight is 479 g/mol. The highest BCUT2D eigenvalue weighted by molar-refractivity contribution is 9.11. The van der Waals surface area contributed by atoms with Crippen LogP contribution >= 0.6 is 31.9 Å². The zero-order valence-corrected chi connectivity index (χ0v) is 17.2. The lowest BCUT2D eigenvalue weighted by molar-refractivity contribution is 0.310. The van der Waals surface area contributed by atoms with Crippen LogP contribution in [0.4, 0.5) is 0 Å². The average Bonchev–Trinajstić information content (AvgIpc) is 2.56. The molecule has 2 aromatic carbocycles. The van der Waals surface area contributed by atoms with Gasteiger partial charge in [0.05, 0.1) is 18.6 Å². The summed E-state index contributed by atoms with van der Waals surface area (Å²) in [4.78, 5) is 0.176. The molecule has 0 aliphatic carbocycles. The molecule has 0 aliphatic rings. The summed E-state index contributed by atoms with van der Waals surface area (Å²) in [7, 11) is -2.10. The lowest BCUT2D eigenvalue weighted by Gasteiger charge is -2.12. The van der Waals surface area contributed by atoms with Gasteiger partial charge in [-0.25, -0.2) is 13.1 Å². The quantitative estimate of drug-likeness (QED) is 0.650. The van der Waals surface area contributed by atoms with Crippen LogP contribution in [0.1, 0.15) is 12.5 Å². The van der Waals surface area contributed by atoms with E-state index in [0.29, 0.717) is 27.1 Å². The number of ether oxygens (including phenoxy) is 2. The fourth-order valence-electron chi connectivity index (χ4n) is 2.04. The van der Waals surface area contributed by atoms with E-state index in [-0.39, 0.29) is 11.4 Å². The van der Waals surface area contributed by atoms with Crippen molar-refractivity contribution in [1.82, 2.24) is 4.72 Å². The molecule has 0 saturated heterocycles. The van der Waals surface area contributed by atoms with Gasteiger partial charge in [-0.15, -0.1) is 0 Å². The van der Waals surface area contributed by atoms with Crippen LogP contribution in [0.5, 0.6) is 11.5 Å². The van der Waals surface area contributed by atoms with Crippen molar-refractivity contribution >= 4 is 41.9 Å². The Hall–Kier alpha value is -1.09. The van der Waals surface area contributed by atoms with Gasteiger partial charge >= 0.3 is 0 Å². The largest absolute Gasteiger partial charge is 0.493 e. The van der Waals surface area contributed by atoms with Gasteiger partial charge in [0, 0.05) is 15.5 Å². The van der Waals surface area contributed by atoms with Crippen molar-refractivity contribution in [1.29, 1.82) is 0 Å². The number of benzene rings is 2. The lowest BCUT2D eigenvalue weighted by Crippen LogP contribution is -2.23. The lowest BCUT2D eigenvalue weighted by atomic mass is 10.2. The molecule has 0 saturated carbocycles. The highest BCUT2D eigenvalue weighted by Gasteiger charge is 2.18. The molecule has 0 atom stereocenters. The number of hydrogen-bond acceptors (Lipinski definition) is 4. The van der Waals surface area contributed by atoms with Gasteiger partial charge in [0.25, 0.3) is 0 Å². The monoisotopic (exact) mass is 477 g/mol. The SMILES string of the molecule is CCOc1ccc(CNS(=O)(=O)c2cc(Br)ccc2Br)cc1OC. The second kappa shape index (κ2) is 8.33. The summed E-state index contributed by atoms with van der Waals surface area (Å²) in [5.74, 6) is 1.19. The van der Waals surface area contributed by atoms with Crippen molar-refractivity contribution in [3.8, 4) is 11.5 Å². The Morgan fingerprint density at radius 1 is 1.08 bits per heavy atom. The third-order valence-corrected chi connectivity index (χ3v) is 6.07. The molecule has 130 valence electrons. The van der Waals surface area contributed by atoms with Crippen LogP contribution in [0.3, 0.4) is 0 Å². The van der Waals surface area contributed by atoms with E-state index < -0.39 is 10.0 Å². The summed E-state index contributed by atoms with van der Waals surface area (Å²) in [6, 6.07) is 10.3. The van der Waals surface area contributed by atoms with Gasteiger partial charge < -0.3 is 9.47 Å². The number of halogens is 2. The van der Waals surface area contributed by atoms with E-state index in [4.69, 9.17) is 9.47 Å². The van der Waals surface area contributed by atoms with Crippen LogP contribution in [-0.2, 0) is 16.6 Å². The predicted octanol–water partition coefficient (Wildman–Crippen LogP) is 4.10. The summed E-state index contributed by atoms with van der Waals surface area (Å²) in [5.41, 5.74) is 0.769. The number of nitrogens with one attached hydrogen (secondary N) is 1. The molecule has 0 spiro atoms. The Balaban J connectivity index is 2.19. The Kier molecular flexibility index (Phi) is 6.68. The maximum absolute atomic E-state index is 12.5. The van der Waals surface area contributed by atoms with E-state index in [9.17, 15) is 8.42 Å². The Labute approximate surface area is 158 Å². The number of hydrogen-bond donors (Lipinski definition) is 1. The number of sulfonamides is 1. The van der Waals surface area contributed by atoms with E-state index in [2.05, 4.69) is 36.6 Å². The highest BCUT2D eigenvalue weighted by atomic mass is 79.9. The maximum atomic E-state index is 12.5. The van der Waals surface area contributed by atoms with Gasteiger partial charge in [0.2, 0.25) is 10.0 Å². The molecule has 0 aromatic heterocycles. The summed E-state index contributed by atoms with van der Waals surface area (Å²) in [6.07, 6.45) is 0. The Morgan fingerprint density at radius 2 is 1.83 bits per heavy atom. The molecule has 0 heterocycles. The van der Waals surface area contributed by atoms with Gasteiger partial charge in [-0.3, -0.25) is 0 Å². The van der Waals surface area contributed by atoms with Crippen LogP contribution in [0.15, 0.2) is 50.2 Å². The molecule has 2 rings (SSSR count). The van der Waals surface area contributed by atoms with E-state index in [1.165, 1.54) is 0 Å². The van der Waals surface area contributed by atoms with Crippen LogP contribution in [0.2, 0.25) is 0 Å². The van der Waals surface area contributed by atoms with Gasteiger partial charge in [-0.05, 0) is 58.7 Å². The highest BCUT2D eigenvalue weighted by Crippen LogP contribution is 2.29. The van der Waals surface area contributed by atoms with Crippen molar-refractivity contribution in [3.63, 3.8) is 0 Å². The van der Waals surface area contributed by atoms with E-state index in [0.717, 1.165) is 5.56 Å². The molecule has 24 heavy (non-hydrogen) atoms. The first-order chi connectivity index (χ1) is 11.4. The van der Waals surface area contributed by atoms with Crippen molar-refractivity contribution in [2.24, 2.45) is 0 Å². The van der Waals surface area contributed by atoms with E-state index in [1.807, 2.05) is 6.92 Å². The molecule has 0 aliphatic heterocycles. The van der Waals surface area contributed by atoms with Gasteiger partial charge in [-0.1, -0.05) is 22.0 Å². The minimum absolute atomic E-state index is 0.143. The molecule has 1 N–H and O–H groups in total. The Morgan fingerprint density at radius 3 is 2.50 bits per heavy atom. The third kappa shape index (κ3) is 4.72. The summed E-state index contributed by atoms with van der Waals surface area (Å²) >= 11 is 6.55. The summed E-state index contributed by atoms with van der Waals surface area (Å²) < 4.78 is 39.5. The second-order valence-corrected chi connectivity index (χ2v) is 8.32. The molecule has 0 radical (unpaired) electrons. The predicted molar refractivity (Wildman–Crippen MR) is 100 cm³/mol. The smallest absolute Gasteiger partial charge is 0.242 e. The topological polar surface area (TPSA) is 64.6 Å². The normalized spacial score (nSPS) is 11.3. The minimum atomic E-state index is -3.65. The van der Waals surface area contributed by atoms with Crippen LogP contribution in [0.25, 0.3) is 0 Å². The van der Waals surface area contributed by atoms with Gasteiger partial charge in [-0.2, -0.15) is 0 Å². The maximum Gasteiger partial charge on any atom is 0.242 e. The zero-order valence-electron chi connectivity index (χ0n) is 13.2. The summed E-state index contributed by atoms with van der Waals surface area (Å²) in [5, 5.41) is 0. The molecule has 0 fully saturated rings. The molecule has 0 bridgehead atoms. The van der Waals surface area contributed by atoms with Crippen molar-refractivity contribution < 1.29 is 17.9 Å². The standard InChI is InChI=1S/C16H17Br2NO4S/c1-3-23-14-7-4-11(8-15(14)22-2)10-19-24(20,21)16-9-12(17)5-6-13(16)18/h4-9,19H,3,10H2,1-2H3. The molecule has 8 heteroatoms. The third-order valence-electron chi connectivity index (χ3n) is 3.18. The van der Waals surface area contributed by atoms with Crippen LogP contribution < -0.4 is 14.2 Å². The first-order valence-electron chi connectivity index (χ1n) is 7.11. The molecule has 5 nitrogen and oxygen atoms in total. The van der Waals surface area contributed by atoms with Gasteiger partial charge in [0.15, 0.2) is 11.5 Å². The Bertz CT molecular complexity index is 825.